The third-order valence-electron chi connectivity index (χ3n) is 1.84. The van der Waals surface area contributed by atoms with Crippen molar-refractivity contribution in [3.05, 3.63) is 23.9 Å². The van der Waals surface area contributed by atoms with Gasteiger partial charge in [-0.05, 0) is 26.0 Å². The highest BCUT2D eigenvalue weighted by molar-refractivity contribution is 7.99. The molecule has 0 aliphatic rings. The monoisotopic (exact) mass is 253 g/mol. The van der Waals surface area contributed by atoms with Crippen molar-refractivity contribution >= 4 is 23.5 Å². The molecule has 0 radical (unpaired) electrons. The van der Waals surface area contributed by atoms with Crippen LogP contribution in [-0.4, -0.2) is 29.1 Å². The van der Waals surface area contributed by atoms with Crippen LogP contribution in [-0.2, 0) is 20.7 Å². The molecule has 0 fully saturated rings. The smallest absolute Gasteiger partial charge is 0.311 e. The quantitative estimate of drug-likeness (QED) is 0.572. The van der Waals surface area contributed by atoms with Gasteiger partial charge in [-0.1, -0.05) is 17.8 Å². The van der Waals surface area contributed by atoms with Crippen LogP contribution in [0.25, 0.3) is 0 Å². The Labute approximate surface area is 105 Å². The van der Waals surface area contributed by atoms with Crippen molar-refractivity contribution in [2.24, 2.45) is 0 Å². The first-order valence-electron chi connectivity index (χ1n) is 5.35. The van der Waals surface area contributed by atoms with Gasteiger partial charge in [-0.2, -0.15) is 0 Å². The summed E-state index contributed by atoms with van der Waals surface area (Å²) in [5, 5.41) is 0.752. The van der Waals surface area contributed by atoms with E-state index in [9.17, 15) is 9.59 Å². The Balaban J connectivity index is 2.59. The van der Waals surface area contributed by atoms with Gasteiger partial charge >= 0.3 is 5.97 Å². The largest absolute Gasteiger partial charge is 0.466 e. The number of Topliss-reactive ketones (excluding diaryl/α,β-unsaturated/α-hetero) is 1. The summed E-state index contributed by atoms with van der Waals surface area (Å²) >= 11 is 1.37. The number of carbonyl (C=O) groups is 2. The summed E-state index contributed by atoms with van der Waals surface area (Å²) in [5.74, 6) is 0.219. The normalized spacial score (nSPS) is 10.0. The van der Waals surface area contributed by atoms with Crippen molar-refractivity contribution in [3.63, 3.8) is 0 Å². The van der Waals surface area contributed by atoms with Gasteiger partial charge in [0, 0.05) is 0 Å². The molecule has 0 amide bonds. The summed E-state index contributed by atoms with van der Waals surface area (Å²) in [6.07, 6.45) is 0.169. The molecule has 1 heterocycles. The van der Waals surface area contributed by atoms with Crippen LogP contribution < -0.4 is 0 Å². The number of hydrogen-bond acceptors (Lipinski definition) is 5. The molecule has 4 nitrogen and oxygen atoms in total. The Bertz CT molecular complexity index is 406. The first kappa shape index (κ1) is 13.7. The van der Waals surface area contributed by atoms with E-state index in [1.54, 1.807) is 13.0 Å². The molecular formula is C12H15NO3S. The van der Waals surface area contributed by atoms with E-state index in [0.29, 0.717) is 18.1 Å². The molecule has 0 saturated carbocycles. The molecule has 0 aliphatic heterocycles. The fourth-order valence-electron chi connectivity index (χ4n) is 1.17. The second kappa shape index (κ2) is 7.06. The summed E-state index contributed by atoms with van der Waals surface area (Å²) in [5.41, 5.74) is 0.664. The van der Waals surface area contributed by atoms with Crippen molar-refractivity contribution in [3.8, 4) is 0 Å². The van der Waals surface area contributed by atoms with Gasteiger partial charge in [0.1, 0.15) is 5.78 Å². The van der Waals surface area contributed by atoms with Gasteiger partial charge in [0.05, 0.1) is 29.5 Å². The first-order chi connectivity index (χ1) is 8.11. The van der Waals surface area contributed by atoms with Gasteiger partial charge in [-0.3, -0.25) is 9.59 Å². The molecule has 0 spiro atoms. The molecule has 0 bridgehead atoms. The molecule has 1 rings (SSSR count). The maximum Gasteiger partial charge on any atom is 0.311 e. The van der Waals surface area contributed by atoms with E-state index in [-0.39, 0.29) is 18.2 Å². The minimum Gasteiger partial charge on any atom is -0.466 e. The average molecular weight is 253 g/mol. The zero-order valence-corrected chi connectivity index (χ0v) is 10.8. The number of carbonyl (C=O) groups excluding carboxylic acids is 2. The Kier molecular flexibility index (Phi) is 5.69. The lowest BCUT2D eigenvalue weighted by molar-refractivity contribution is -0.142. The number of thioether (sulfide) groups is 1. The molecule has 92 valence electrons. The average Bonchev–Trinajstić information content (AvgIpc) is 2.27. The topological polar surface area (TPSA) is 56.3 Å². The molecule has 0 atom stereocenters. The maximum absolute atomic E-state index is 11.3. The summed E-state index contributed by atoms with van der Waals surface area (Å²) in [7, 11) is 0. The number of ketones is 1. The Morgan fingerprint density at radius 3 is 2.82 bits per heavy atom. The van der Waals surface area contributed by atoms with E-state index < -0.39 is 0 Å². The van der Waals surface area contributed by atoms with Crippen LogP contribution in [0.4, 0.5) is 0 Å². The van der Waals surface area contributed by atoms with Gasteiger partial charge < -0.3 is 4.74 Å². The van der Waals surface area contributed by atoms with Crippen LogP contribution >= 0.6 is 11.8 Å². The van der Waals surface area contributed by atoms with Gasteiger partial charge in [-0.15, -0.1) is 0 Å². The zero-order chi connectivity index (χ0) is 12.7. The lowest BCUT2D eigenvalue weighted by Gasteiger charge is -2.03. The van der Waals surface area contributed by atoms with E-state index in [1.807, 2.05) is 12.1 Å². The lowest BCUT2D eigenvalue weighted by atomic mass is 10.3. The second-order valence-corrected chi connectivity index (χ2v) is 4.44. The molecule has 17 heavy (non-hydrogen) atoms. The minimum absolute atomic E-state index is 0.104. The second-order valence-electron chi connectivity index (χ2n) is 3.44. The molecule has 5 heteroatoms. The predicted octanol–water partition coefficient (Wildman–Crippen LogP) is 1.87. The SMILES string of the molecule is CCOC(=O)Cc1cccc(SCC(C)=O)n1. The minimum atomic E-state index is -0.284. The molecule has 1 aromatic heterocycles. The van der Waals surface area contributed by atoms with Gasteiger partial charge in [0.15, 0.2) is 0 Å². The molecule has 0 saturated heterocycles. The fourth-order valence-corrected chi connectivity index (χ4v) is 1.88. The first-order valence-corrected chi connectivity index (χ1v) is 6.34. The van der Waals surface area contributed by atoms with Crippen molar-refractivity contribution < 1.29 is 14.3 Å². The molecule has 1 aromatic rings. The summed E-state index contributed by atoms with van der Waals surface area (Å²) < 4.78 is 4.84. The van der Waals surface area contributed by atoms with E-state index in [1.165, 1.54) is 18.7 Å². The number of hydrogen-bond donors (Lipinski definition) is 0. The molecular weight excluding hydrogens is 238 g/mol. The molecule has 0 unspecified atom stereocenters. The zero-order valence-electron chi connectivity index (χ0n) is 9.93. The van der Waals surface area contributed by atoms with Crippen LogP contribution in [0, 0.1) is 0 Å². The highest BCUT2D eigenvalue weighted by atomic mass is 32.2. The predicted molar refractivity (Wildman–Crippen MR) is 66.0 cm³/mol. The number of aromatic nitrogens is 1. The van der Waals surface area contributed by atoms with Gasteiger partial charge in [-0.25, -0.2) is 4.98 Å². The number of pyridine rings is 1. The summed E-state index contributed by atoms with van der Waals surface area (Å²) in [4.78, 5) is 26.4. The van der Waals surface area contributed by atoms with Gasteiger partial charge in [0.2, 0.25) is 0 Å². The van der Waals surface area contributed by atoms with Crippen LogP contribution in [0.15, 0.2) is 23.2 Å². The number of esters is 1. The number of ether oxygens (including phenoxy) is 1. The van der Waals surface area contributed by atoms with Crippen LogP contribution in [0.5, 0.6) is 0 Å². The van der Waals surface area contributed by atoms with Crippen molar-refractivity contribution in [1.82, 2.24) is 4.98 Å². The lowest BCUT2D eigenvalue weighted by Crippen LogP contribution is -2.08. The van der Waals surface area contributed by atoms with Crippen molar-refractivity contribution in [1.29, 1.82) is 0 Å². The van der Waals surface area contributed by atoms with E-state index in [4.69, 9.17) is 4.74 Å². The van der Waals surface area contributed by atoms with Crippen molar-refractivity contribution in [2.45, 2.75) is 25.3 Å². The maximum atomic E-state index is 11.3. The summed E-state index contributed by atoms with van der Waals surface area (Å²) in [6.45, 7) is 3.68. The van der Waals surface area contributed by atoms with Gasteiger partial charge in [0.25, 0.3) is 0 Å². The highest BCUT2D eigenvalue weighted by Gasteiger charge is 2.06. The van der Waals surface area contributed by atoms with Crippen LogP contribution in [0.1, 0.15) is 19.5 Å². The van der Waals surface area contributed by atoms with E-state index in [2.05, 4.69) is 4.98 Å². The number of nitrogens with zero attached hydrogens (tertiary/aromatic N) is 1. The van der Waals surface area contributed by atoms with Crippen molar-refractivity contribution in [2.75, 3.05) is 12.4 Å². The standard InChI is InChI=1S/C12H15NO3S/c1-3-16-12(15)7-10-5-4-6-11(13-10)17-8-9(2)14/h4-6H,3,7-8H2,1-2H3. The third kappa shape index (κ3) is 5.49. The van der Waals surface area contributed by atoms with E-state index in [0.717, 1.165) is 5.03 Å². The summed E-state index contributed by atoms with van der Waals surface area (Å²) in [6, 6.07) is 5.42. The fraction of sp³-hybridized carbons (Fsp3) is 0.417. The van der Waals surface area contributed by atoms with E-state index >= 15 is 0 Å². The number of rotatable bonds is 6. The Morgan fingerprint density at radius 1 is 1.41 bits per heavy atom. The Morgan fingerprint density at radius 2 is 2.18 bits per heavy atom. The van der Waals surface area contributed by atoms with Crippen LogP contribution in [0.3, 0.4) is 0 Å². The van der Waals surface area contributed by atoms with Crippen LogP contribution in [0.2, 0.25) is 0 Å². The molecule has 0 N–H and O–H groups in total. The molecule has 0 aliphatic carbocycles. The highest BCUT2D eigenvalue weighted by Crippen LogP contribution is 2.15. The molecule has 0 aromatic carbocycles. The third-order valence-corrected chi connectivity index (χ3v) is 2.91. The Hall–Kier alpha value is -1.36.